The van der Waals surface area contributed by atoms with E-state index in [9.17, 15) is 4.79 Å². The number of aromatic nitrogens is 2. The molecule has 0 unspecified atom stereocenters. The van der Waals surface area contributed by atoms with Gasteiger partial charge >= 0.3 is 0 Å². The van der Waals surface area contributed by atoms with E-state index in [1.54, 1.807) is 11.6 Å². The van der Waals surface area contributed by atoms with Gasteiger partial charge in [-0.15, -0.1) is 11.3 Å². The summed E-state index contributed by atoms with van der Waals surface area (Å²) in [6.07, 6.45) is 2.31. The number of ketones is 1. The predicted octanol–water partition coefficient (Wildman–Crippen LogP) is 2.42. The number of hydrogen-bond donors (Lipinski definition) is 1. The van der Waals surface area contributed by atoms with Crippen molar-refractivity contribution in [2.24, 2.45) is 5.73 Å². The summed E-state index contributed by atoms with van der Waals surface area (Å²) in [7, 11) is 0. The molecule has 4 nitrogen and oxygen atoms in total. The smallest absolute Gasteiger partial charge is 0.213 e. The fourth-order valence-corrected chi connectivity index (χ4v) is 2.79. The van der Waals surface area contributed by atoms with Gasteiger partial charge in [-0.1, -0.05) is 18.2 Å². The molecule has 0 spiro atoms. The molecule has 0 fully saturated rings. The number of benzene rings is 1. The summed E-state index contributed by atoms with van der Waals surface area (Å²) in [5, 5.41) is 3.63. The molecule has 0 atom stereocenters. The van der Waals surface area contributed by atoms with Crippen LogP contribution in [0.1, 0.15) is 21.1 Å². The van der Waals surface area contributed by atoms with Crippen LogP contribution in [0.4, 0.5) is 0 Å². The summed E-state index contributed by atoms with van der Waals surface area (Å²) in [5.41, 5.74) is 7.40. The zero-order valence-electron chi connectivity index (χ0n) is 10.7. The van der Waals surface area contributed by atoms with E-state index in [-0.39, 0.29) is 5.78 Å². The van der Waals surface area contributed by atoms with Gasteiger partial charge in [-0.05, 0) is 18.7 Å². The summed E-state index contributed by atoms with van der Waals surface area (Å²) < 4.78 is 0. The first-order valence-electron chi connectivity index (χ1n) is 6.32. The Morgan fingerprint density at radius 1 is 1.30 bits per heavy atom. The molecule has 0 saturated heterocycles. The second kappa shape index (κ2) is 5.48. The van der Waals surface area contributed by atoms with Crippen molar-refractivity contribution >= 4 is 28.0 Å². The Kier molecular flexibility index (Phi) is 3.54. The lowest BCUT2D eigenvalue weighted by molar-refractivity contribution is 0.103. The molecule has 3 rings (SSSR count). The standard InChI is InChI=1S/C15H13N3OS/c16-6-5-14-18-13(9-20-14)15(19)11-7-10-3-1-2-4-12(10)17-8-11/h1-4,7-9H,5-6,16H2. The minimum absolute atomic E-state index is 0.0947. The third-order valence-electron chi connectivity index (χ3n) is 3.00. The van der Waals surface area contributed by atoms with E-state index in [1.165, 1.54) is 11.3 Å². The SMILES string of the molecule is NCCc1nc(C(=O)c2cnc3ccccc3c2)cs1. The van der Waals surface area contributed by atoms with Crippen LogP contribution in [-0.4, -0.2) is 22.3 Å². The maximum Gasteiger partial charge on any atom is 0.213 e. The van der Waals surface area contributed by atoms with Crippen LogP contribution < -0.4 is 5.73 Å². The molecule has 2 N–H and O–H groups in total. The second-order valence-electron chi connectivity index (χ2n) is 4.41. The Morgan fingerprint density at radius 3 is 3.00 bits per heavy atom. The molecule has 1 aromatic carbocycles. The molecule has 2 heterocycles. The highest BCUT2D eigenvalue weighted by Gasteiger charge is 2.14. The molecule has 0 amide bonds. The number of fused-ring (bicyclic) bond motifs is 1. The number of pyridine rings is 1. The Balaban J connectivity index is 1.94. The highest BCUT2D eigenvalue weighted by atomic mass is 32.1. The molecule has 0 bridgehead atoms. The zero-order chi connectivity index (χ0) is 13.9. The molecule has 20 heavy (non-hydrogen) atoms. The molecule has 5 heteroatoms. The summed E-state index contributed by atoms with van der Waals surface area (Å²) in [5.74, 6) is -0.0947. The van der Waals surface area contributed by atoms with E-state index in [2.05, 4.69) is 9.97 Å². The number of para-hydroxylation sites is 1. The minimum atomic E-state index is -0.0947. The number of carbonyl (C=O) groups is 1. The van der Waals surface area contributed by atoms with Crippen molar-refractivity contribution in [3.8, 4) is 0 Å². The number of thiazole rings is 1. The second-order valence-corrected chi connectivity index (χ2v) is 5.35. The number of rotatable bonds is 4. The van der Waals surface area contributed by atoms with E-state index in [0.717, 1.165) is 15.9 Å². The first-order chi connectivity index (χ1) is 9.78. The monoisotopic (exact) mass is 283 g/mol. The topological polar surface area (TPSA) is 68.9 Å². The number of nitrogens with zero attached hydrogens (tertiary/aromatic N) is 2. The minimum Gasteiger partial charge on any atom is -0.330 e. The van der Waals surface area contributed by atoms with Crippen molar-refractivity contribution in [2.45, 2.75) is 6.42 Å². The van der Waals surface area contributed by atoms with E-state index >= 15 is 0 Å². The molecule has 0 radical (unpaired) electrons. The van der Waals surface area contributed by atoms with Gasteiger partial charge in [-0.25, -0.2) is 4.98 Å². The van der Waals surface area contributed by atoms with Crippen LogP contribution in [0, 0.1) is 0 Å². The number of carbonyl (C=O) groups excluding carboxylic acids is 1. The van der Waals surface area contributed by atoms with Gasteiger partial charge in [0.1, 0.15) is 5.69 Å². The molecule has 3 aromatic rings. The van der Waals surface area contributed by atoms with Gasteiger partial charge in [-0.2, -0.15) is 0 Å². The molecule has 2 aromatic heterocycles. The van der Waals surface area contributed by atoms with Gasteiger partial charge in [0.25, 0.3) is 0 Å². The van der Waals surface area contributed by atoms with Crippen LogP contribution in [0.25, 0.3) is 10.9 Å². The van der Waals surface area contributed by atoms with Gasteiger partial charge in [0, 0.05) is 28.9 Å². The summed E-state index contributed by atoms with van der Waals surface area (Å²) in [6.45, 7) is 0.540. The first kappa shape index (κ1) is 12.9. The fourth-order valence-electron chi connectivity index (χ4n) is 2.00. The van der Waals surface area contributed by atoms with Crippen molar-refractivity contribution in [3.63, 3.8) is 0 Å². The van der Waals surface area contributed by atoms with E-state index < -0.39 is 0 Å². The van der Waals surface area contributed by atoms with Gasteiger partial charge in [-0.3, -0.25) is 9.78 Å². The molecular formula is C15H13N3OS. The molecular weight excluding hydrogens is 270 g/mol. The van der Waals surface area contributed by atoms with E-state index in [0.29, 0.717) is 24.2 Å². The Labute approximate surface area is 120 Å². The lowest BCUT2D eigenvalue weighted by atomic mass is 10.1. The molecule has 0 aliphatic rings. The van der Waals surface area contributed by atoms with Crippen LogP contribution in [0.2, 0.25) is 0 Å². The van der Waals surface area contributed by atoms with E-state index in [1.807, 2.05) is 30.3 Å². The third-order valence-corrected chi connectivity index (χ3v) is 3.90. The van der Waals surface area contributed by atoms with Gasteiger partial charge in [0.15, 0.2) is 0 Å². The molecule has 0 aliphatic carbocycles. The average Bonchev–Trinajstić information content (AvgIpc) is 2.95. The molecule has 0 saturated carbocycles. The van der Waals surface area contributed by atoms with E-state index in [4.69, 9.17) is 5.73 Å². The summed E-state index contributed by atoms with van der Waals surface area (Å²) >= 11 is 1.47. The lowest BCUT2D eigenvalue weighted by Crippen LogP contribution is -2.05. The van der Waals surface area contributed by atoms with Crippen molar-refractivity contribution in [3.05, 3.63) is 58.2 Å². The maximum absolute atomic E-state index is 12.4. The van der Waals surface area contributed by atoms with Crippen LogP contribution in [-0.2, 0) is 6.42 Å². The van der Waals surface area contributed by atoms with Gasteiger partial charge in [0.2, 0.25) is 5.78 Å². The zero-order valence-corrected chi connectivity index (χ0v) is 11.6. The third kappa shape index (κ3) is 2.45. The maximum atomic E-state index is 12.4. The van der Waals surface area contributed by atoms with Crippen LogP contribution in [0.15, 0.2) is 41.9 Å². The average molecular weight is 283 g/mol. The molecule has 100 valence electrons. The van der Waals surface area contributed by atoms with Gasteiger partial charge < -0.3 is 5.73 Å². The summed E-state index contributed by atoms with van der Waals surface area (Å²) in [4.78, 5) is 21.0. The van der Waals surface area contributed by atoms with Gasteiger partial charge in [0.05, 0.1) is 10.5 Å². The van der Waals surface area contributed by atoms with Crippen molar-refractivity contribution in [1.29, 1.82) is 0 Å². The first-order valence-corrected chi connectivity index (χ1v) is 7.20. The fraction of sp³-hybridized carbons (Fsp3) is 0.133. The Hall–Kier alpha value is -2.11. The highest BCUT2D eigenvalue weighted by Crippen LogP contribution is 2.17. The van der Waals surface area contributed by atoms with Crippen molar-refractivity contribution in [1.82, 2.24) is 9.97 Å². The van der Waals surface area contributed by atoms with Crippen LogP contribution >= 0.6 is 11.3 Å². The lowest BCUT2D eigenvalue weighted by Gasteiger charge is -2.00. The van der Waals surface area contributed by atoms with Crippen LogP contribution in [0.3, 0.4) is 0 Å². The number of nitrogens with two attached hydrogens (primary N) is 1. The predicted molar refractivity (Wildman–Crippen MR) is 80.0 cm³/mol. The normalized spacial score (nSPS) is 10.8. The summed E-state index contributed by atoms with van der Waals surface area (Å²) in [6, 6.07) is 9.58. The largest absolute Gasteiger partial charge is 0.330 e. The van der Waals surface area contributed by atoms with Crippen molar-refractivity contribution < 1.29 is 4.79 Å². The Bertz CT molecular complexity index is 766. The highest BCUT2D eigenvalue weighted by molar-refractivity contribution is 7.09. The van der Waals surface area contributed by atoms with Crippen LogP contribution in [0.5, 0.6) is 0 Å². The quantitative estimate of drug-likeness (QED) is 0.747. The molecule has 0 aliphatic heterocycles. The number of hydrogen-bond acceptors (Lipinski definition) is 5. The Morgan fingerprint density at radius 2 is 2.15 bits per heavy atom. The van der Waals surface area contributed by atoms with Crippen molar-refractivity contribution in [2.75, 3.05) is 6.54 Å².